The molecule has 8 heteroatoms. The molecule has 3 heterocycles. The van der Waals surface area contributed by atoms with Crippen LogP contribution in [0.25, 0.3) is 0 Å². The van der Waals surface area contributed by atoms with Gasteiger partial charge in [-0.2, -0.15) is 0 Å². The van der Waals surface area contributed by atoms with Crippen molar-refractivity contribution >= 4 is 11.4 Å². The van der Waals surface area contributed by atoms with Crippen LogP contribution in [0.3, 0.4) is 0 Å². The van der Waals surface area contributed by atoms with Gasteiger partial charge in [0, 0.05) is 49.1 Å². The van der Waals surface area contributed by atoms with Crippen molar-refractivity contribution in [2.75, 3.05) is 22.9 Å². The van der Waals surface area contributed by atoms with Crippen LogP contribution in [0.4, 0.5) is 11.4 Å². The van der Waals surface area contributed by atoms with E-state index < -0.39 is 29.7 Å². The number of aliphatic hydroxyl groups is 1. The van der Waals surface area contributed by atoms with Gasteiger partial charge in [-0.1, -0.05) is 36.4 Å². The fraction of sp³-hybridized carbons (Fsp3) is 0.360. The number of hydrogen-bond donors (Lipinski definition) is 2. The summed E-state index contributed by atoms with van der Waals surface area (Å²) in [6.45, 7) is 3.36. The first kappa shape index (κ1) is 21.5. The molecule has 2 aliphatic heterocycles. The van der Waals surface area contributed by atoms with Crippen LogP contribution in [-0.2, 0) is 4.74 Å². The third kappa shape index (κ3) is 4.19. The molecule has 2 fully saturated rings. The Balaban J connectivity index is 1.41. The standard InChI is InChI=1S/C25H28N4O4/c1-17-16-29(25(32)26-24(17)31)23-14-20(30)21(33-23)15-22-27(18-8-4-2-5-9-18)12-13-28(22)19-10-6-3-7-11-19/h2-11,16,20-23,30H,12-15H2,1H3,(H,26,31,32)/t20-,21+,23+/m0/s1. The molecule has 172 valence electrons. The third-order valence-electron chi connectivity index (χ3n) is 6.58. The Labute approximate surface area is 191 Å². The van der Waals surface area contributed by atoms with E-state index in [1.807, 2.05) is 36.4 Å². The highest BCUT2D eigenvalue weighted by atomic mass is 16.5. The summed E-state index contributed by atoms with van der Waals surface area (Å²) >= 11 is 0. The summed E-state index contributed by atoms with van der Waals surface area (Å²) in [4.78, 5) is 31.1. The zero-order chi connectivity index (χ0) is 22.9. The van der Waals surface area contributed by atoms with E-state index in [4.69, 9.17) is 4.74 Å². The summed E-state index contributed by atoms with van der Waals surface area (Å²) in [6.07, 6.45) is 0.563. The van der Waals surface area contributed by atoms with E-state index >= 15 is 0 Å². The summed E-state index contributed by atoms with van der Waals surface area (Å²) in [5.74, 6) is 0. The number of rotatable bonds is 5. The molecule has 0 amide bonds. The van der Waals surface area contributed by atoms with E-state index in [0.29, 0.717) is 18.4 Å². The van der Waals surface area contributed by atoms with Crippen LogP contribution in [0.15, 0.2) is 76.4 Å². The maximum atomic E-state index is 12.3. The molecule has 1 aromatic heterocycles. The van der Waals surface area contributed by atoms with Crippen molar-refractivity contribution in [3.63, 3.8) is 0 Å². The van der Waals surface area contributed by atoms with Crippen LogP contribution < -0.4 is 21.0 Å². The van der Waals surface area contributed by atoms with Crippen molar-refractivity contribution in [3.05, 3.63) is 93.3 Å². The van der Waals surface area contributed by atoms with Gasteiger partial charge in [-0.15, -0.1) is 0 Å². The number of ether oxygens (including phenoxy) is 1. The smallest absolute Gasteiger partial charge is 0.330 e. The molecule has 0 unspecified atom stereocenters. The Kier molecular flexibility index (Phi) is 5.78. The predicted octanol–water partition coefficient (Wildman–Crippen LogP) is 2.24. The summed E-state index contributed by atoms with van der Waals surface area (Å²) in [5, 5.41) is 10.9. The molecular formula is C25H28N4O4. The minimum Gasteiger partial charge on any atom is -0.390 e. The molecule has 0 saturated carbocycles. The second kappa shape index (κ2) is 8.88. The quantitative estimate of drug-likeness (QED) is 0.622. The summed E-state index contributed by atoms with van der Waals surface area (Å²) in [7, 11) is 0. The third-order valence-corrected chi connectivity index (χ3v) is 6.58. The van der Waals surface area contributed by atoms with Crippen LogP contribution in [0.5, 0.6) is 0 Å². The average Bonchev–Trinajstić information content (AvgIpc) is 3.41. The van der Waals surface area contributed by atoms with Crippen LogP contribution >= 0.6 is 0 Å². The minimum atomic E-state index is -0.718. The first-order valence-electron chi connectivity index (χ1n) is 11.3. The van der Waals surface area contributed by atoms with Crippen molar-refractivity contribution in [3.8, 4) is 0 Å². The summed E-state index contributed by atoms with van der Waals surface area (Å²) in [5.41, 5.74) is 1.74. The van der Waals surface area contributed by atoms with Crippen LogP contribution in [0, 0.1) is 6.92 Å². The van der Waals surface area contributed by atoms with Gasteiger partial charge in [0.25, 0.3) is 5.56 Å². The molecule has 0 spiro atoms. The van der Waals surface area contributed by atoms with Crippen LogP contribution in [0.2, 0.25) is 0 Å². The van der Waals surface area contributed by atoms with Crippen molar-refractivity contribution in [1.29, 1.82) is 0 Å². The lowest BCUT2D eigenvalue weighted by Crippen LogP contribution is -2.43. The fourth-order valence-electron chi connectivity index (χ4n) is 4.88. The first-order valence-corrected chi connectivity index (χ1v) is 11.3. The fourth-order valence-corrected chi connectivity index (χ4v) is 4.88. The molecule has 33 heavy (non-hydrogen) atoms. The zero-order valence-electron chi connectivity index (χ0n) is 18.5. The van der Waals surface area contributed by atoms with Crippen LogP contribution in [0.1, 0.15) is 24.6 Å². The molecule has 2 saturated heterocycles. The lowest BCUT2D eigenvalue weighted by atomic mass is 10.1. The van der Waals surface area contributed by atoms with Gasteiger partial charge >= 0.3 is 5.69 Å². The Morgan fingerprint density at radius 2 is 1.55 bits per heavy atom. The van der Waals surface area contributed by atoms with Gasteiger partial charge in [-0.3, -0.25) is 14.3 Å². The summed E-state index contributed by atoms with van der Waals surface area (Å²) < 4.78 is 7.58. The van der Waals surface area contributed by atoms with Gasteiger partial charge in [-0.25, -0.2) is 4.79 Å². The highest BCUT2D eigenvalue weighted by molar-refractivity contribution is 5.56. The Morgan fingerprint density at radius 1 is 0.970 bits per heavy atom. The molecule has 3 atom stereocenters. The molecule has 0 radical (unpaired) electrons. The number of H-pyrrole nitrogens is 1. The van der Waals surface area contributed by atoms with E-state index in [1.54, 1.807) is 6.92 Å². The number of hydrogen-bond acceptors (Lipinski definition) is 6. The highest BCUT2D eigenvalue weighted by Gasteiger charge is 2.41. The second-order valence-corrected chi connectivity index (χ2v) is 8.69. The summed E-state index contributed by atoms with van der Waals surface area (Å²) in [6, 6.07) is 20.5. The van der Waals surface area contributed by atoms with Gasteiger partial charge < -0.3 is 19.6 Å². The van der Waals surface area contributed by atoms with Crippen molar-refractivity contribution < 1.29 is 9.84 Å². The van der Waals surface area contributed by atoms with Gasteiger partial charge in [0.2, 0.25) is 0 Å². The lowest BCUT2D eigenvalue weighted by molar-refractivity contribution is -0.0268. The molecule has 2 aliphatic rings. The van der Waals surface area contributed by atoms with Crippen LogP contribution in [-0.4, -0.2) is 46.1 Å². The molecule has 3 aromatic rings. The predicted molar refractivity (Wildman–Crippen MR) is 127 cm³/mol. The first-order chi connectivity index (χ1) is 16.0. The van der Waals surface area contributed by atoms with Gasteiger partial charge in [0.15, 0.2) is 0 Å². The van der Waals surface area contributed by atoms with Crippen molar-refractivity contribution in [2.24, 2.45) is 0 Å². The second-order valence-electron chi connectivity index (χ2n) is 8.69. The average molecular weight is 449 g/mol. The van der Waals surface area contributed by atoms with E-state index in [9.17, 15) is 14.7 Å². The van der Waals surface area contributed by atoms with E-state index in [0.717, 1.165) is 24.5 Å². The zero-order valence-corrected chi connectivity index (χ0v) is 18.5. The number of nitrogens with one attached hydrogen (secondary N) is 1. The number of nitrogens with zero attached hydrogens (tertiary/aromatic N) is 3. The largest absolute Gasteiger partial charge is 0.390 e. The van der Waals surface area contributed by atoms with E-state index in [2.05, 4.69) is 39.0 Å². The normalized spacial score (nSPS) is 23.4. The number of aromatic amines is 1. The Morgan fingerprint density at radius 3 is 2.12 bits per heavy atom. The van der Waals surface area contributed by atoms with E-state index in [1.165, 1.54) is 10.8 Å². The number of aliphatic hydroxyl groups excluding tert-OH is 1. The number of aromatic nitrogens is 2. The molecule has 5 rings (SSSR count). The SMILES string of the molecule is Cc1cn([C@H]2C[C@H](O)[C@@H](CC3N(c4ccccc4)CCN3c3ccccc3)O2)c(=O)[nH]c1=O. The number of aryl methyl sites for hydroxylation is 1. The highest BCUT2D eigenvalue weighted by Crippen LogP contribution is 2.36. The maximum Gasteiger partial charge on any atom is 0.330 e. The Hall–Kier alpha value is -3.36. The van der Waals surface area contributed by atoms with Crippen molar-refractivity contribution in [1.82, 2.24) is 9.55 Å². The van der Waals surface area contributed by atoms with Gasteiger partial charge in [-0.05, 0) is 31.2 Å². The molecule has 2 aromatic carbocycles. The lowest BCUT2D eigenvalue weighted by Gasteiger charge is -2.35. The molecule has 8 nitrogen and oxygen atoms in total. The molecule has 0 bridgehead atoms. The molecule has 2 N–H and O–H groups in total. The maximum absolute atomic E-state index is 12.3. The monoisotopic (exact) mass is 448 g/mol. The van der Waals surface area contributed by atoms with Gasteiger partial charge in [0.1, 0.15) is 12.4 Å². The number of benzene rings is 2. The van der Waals surface area contributed by atoms with Crippen molar-refractivity contribution in [2.45, 2.75) is 44.4 Å². The molecular weight excluding hydrogens is 420 g/mol. The van der Waals surface area contributed by atoms with E-state index in [-0.39, 0.29) is 6.17 Å². The number of anilines is 2. The number of para-hydroxylation sites is 2. The topological polar surface area (TPSA) is 90.8 Å². The minimum absolute atomic E-state index is 0.0118. The molecule has 0 aliphatic carbocycles. The van der Waals surface area contributed by atoms with Gasteiger partial charge in [0.05, 0.1) is 12.2 Å². The Bertz CT molecular complexity index is 1160.